The fraction of sp³-hybridized carbons (Fsp3) is 0.231. The zero-order valence-corrected chi connectivity index (χ0v) is 10.1. The van der Waals surface area contributed by atoms with Gasteiger partial charge in [-0.3, -0.25) is 0 Å². The van der Waals surface area contributed by atoms with Crippen LogP contribution in [0.4, 0.5) is 0 Å². The van der Waals surface area contributed by atoms with Gasteiger partial charge >= 0.3 is 5.97 Å². The summed E-state index contributed by atoms with van der Waals surface area (Å²) in [6, 6.07) is 6.52. The Hall–Kier alpha value is -2.30. The van der Waals surface area contributed by atoms with Crippen LogP contribution in [0.25, 0.3) is 10.9 Å². The fourth-order valence-corrected chi connectivity index (χ4v) is 1.71. The van der Waals surface area contributed by atoms with Crippen LogP contribution < -0.4 is 9.47 Å². The summed E-state index contributed by atoms with van der Waals surface area (Å²) in [4.78, 5) is 15.5. The highest BCUT2D eigenvalue weighted by Gasteiger charge is 2.13. The SMILES string of the molecule is CCOc1cc(C(=O)O)c2cc(OC)ccc2n1. The maximum absolute atomic E-state index is 11.2. The molecule has 0 aliphatic heterocycles. The number of methoxy groups -OCH3 is 1. The third-order valence-corrected chi connectivity index (χ3v) is 2.51. The van der Waals surface area contributed by atoms with Crippen molar-refractivity contribution in [2.45, 2.75) is 6.92 Å². The number of nitrogens with zero attached hydrogens (tertiary/aromatic N) is 1. The molecule has 0 unspecified atom stereocenters. The zero-order valence-electron chi connectivity index (χ0n) is 10.1. The van der Waals surface area contributed by atoms with Crippen LogP contribution >= 0.6 is 0 Å². The summed E-state index contributed by atoms with van der Waals surface area (Å²) in [5.74, 6) is -0.111. The lowest BCUT2D eigenvalue weighted by molar-refractivity contribution is 0.0698. The van der Waals surface area contributed by atoms with Crippen LogP contribution in [0.1, 0.15) is 17.3 Å². The minimum Gasteiger partial charge on any atom is -0.497 e. The van der Waals surface area contributed by atoms with Crippen LogP contribution in [-0.2, 0) is 0 Å². The van der Waals surface area contributed by atoms with E-state index in [1.165, 1.54) is 13.2 Å². The molecular weight excluding hydrogens is 234 g/mol. The molecule has 2 rings (SSSR count). The van der Waals surface area contributed by atoms with Crippen LogP contribution in [0.5, 0.6) is 11.6 Å². The number of carboxylic acids is 1. The van der Waals surface area contributed by atoms with Gasteiger partial charge in [0, 0.05) is 11.5 Å². The molecule has 0 amide bonds. The number of benzene rings is 1. The van der Waals surface area contributed by atoms with Crippen LogP contribution in [-0.4, -0.2) is 29.8 Å². The van der Waals surface area contributed by atoms with Gasteiger partial charge in [-0.05, 0) is 25.1 Å². The van der Waals surface area contributed by atoms with Crippen LogP contribution in [0.3, 0.4) is 0 Å². The molecule has 0 bridgehead atoms. The summed E-state index contributed by atoms with van der Waals surface area (Å²) in [5.41, 5.74) is 0.724. The summed E-state index contributed by atoms with van der Waals surface area (Å²) < 4.78 is 10.3. The van der Waals surface area contributed by atoms with Gasteiger partial charge in [0.05, 0.1) is 24.8 Å². The van der Waals surface area contributed by atoms with E-state index in [-0.39, 0.29) is 5.56 Å². The molecule has 0 aliphatic carbocycles. The number of pyridine rings is 1. The quantitative estimate of drug-likeness (QED) is 0.898. The number of aromatic nitrogens is 1. The Morgan fingerprint density at radius 2 is 2.17 bits per heavy atom. The van der Waals surface area contributed by atoms with E-state index >= 15 is 0 Å². The van der Waals surface area contributed by atoms with Gasteiger partial charge in [0.1, 0.15) is 5.75 Å². The molecule has 2 aromatic rings. The minimum absolute atomic E-state index is 0.155. The van der Waals surface area contributed by atoms with Crippen molar-refractivity contribution in [2.75, 3.05) is 13.7 Å². The standard InChI is InChI=1S/C13H13NO4/c1-3-18-12-7-10(13(15)16)9-6-8(17-2)4-5-11(9)14-12/h4-7H,3H2,1-2H3,(H,15,16). The van der Waals surface area contributed by atoms with E-state index in [1.807, 2.05) is 6.92 Å². The maximum atomic E-state index is 11.2. The van der Waals surface area contributed by atoms with E-state index in [1.54, 1.807) is 18.2 Å². The van der Waals surface area contributed by atoms with Crippen molar-refractivity contribution in [1.29, 1.82) is 0 Å². The minimum atomic E-state index is -1.02. The fourth-order valence-electron chi connectivity index (χ4n) is 1.71. The number of hydrogen-bond acceptors (Lipinski definition) is 4. The van der Waals surface area contributed by atoms with Crippen molar-refractivity contribution in [3.8, 4) is 11.6 Å². The van der Waals surface area contributed by atoms with E-state index in [9.17, 15) is 9.90 Å². The number of fused-ring (bicyclic) bond motifs is 1. The number of aromatic carboxylic acids is 1. The predicted molar refractivity (Wildman–Crippen MR) is 66.4 cm³/mol. The second kappa shape index (κ2) is 4.91. The monoisotopic (exact) mass is 247 g/mol. The molecule has 0 saturated heterocycles. The van der Waals surface area contributed by atoms with E-state index in [0.29, 0.717) is 29.1 Å². The predicted octanol–water partition coefficient (Wildman–Crippen LogP) is 2.34. The van der Waals surface area contributed by atoms with Gasteiger partial charge in [-0.15, -0.1) is 0 Å². The van der Waals surface area contributed by atoms with Gasteiger partial charge in [0.15, 0.2) is 0 Å². The molecule has 1 aromatic carbocycles. The third kappa shape index (κ3) is 2.20. The topological polar surface area (TPSA) is 68.7 Å². The first-order valence-electron chi connectivity index (χ1n) is 5.50. The lowest BCUT2D eigenvalue weighted by Crippen LogP contribution is -2.02. The molecule has 0 atom stereocenters. The number of rotatable bonds is 4. The summed E-state index contributed by atoms with van der Waals surface area (Å²) >= 11 is 0. The van der Waals surface area contributed by atoms with E-state index in [4.69, 9.17) is 9.47 Å². The highest BCUT2D eigenvalue weighted by Crippen LogP contribution is 2.26. The Balaban J connectivity index is 2.68. The summed E-state index contributed by atoms with van der Waals surface area (Å²) in [6.45, 7) is 2.26. The molecule has 0 spiro atoms. The van der Waals surface area contributed by atoms with E-state index < -0.39 is 5.97 Å². The molecular formula is C13H13NO4. The van der Waals surface area contributed by atoms with E-state index in [0.717, 1.165) is 0 Å². The normalized spacial score (nSPS) is 10.3. The lowest BCUT2D eigenvalue weighted by atomic mass is 10.1. The number of carboxylic acid groups (broad SMARTS) is 1. The Morgan fingerprint density at radius 3 is 2.78 bits per heavy atom. The van der Waals surface area contributed by atoms with Crippen molar-refractivity contribution >= 4 is 16.9 Å². The molecule has 1 N–H and O–H groups in total. The first-order chi connectivity index (χ1) is 8.65. The largest absolute Gasteiger partial charge is 0.497 e. The van der Waals surface area contributed by atoms with Gasteiger partial charge in [0.25, 0.3) is 0 Å². The van der Waals surface area contributed by atoms with Crippen molar-refractivity contribution < 1.29 is 19.4 Å². The molecule has 5 nitrogen and oxygen atoms in total. The van der Waals surface area contributed by atoms with Gasteiger partial charge in [0.2, 0.25) is 5.88 Å². The van der Waals surface area contributed by atoms with Crippen molar-refractivity contribution in [3.05, 3.63) is 29.8 Å². The summed E-state index contributed by atoms with van der Waals surface area (Å²) in [6.07, 6.45) is 0. The third-order valence-electron chi connectivity index (χ3n) is 2.51. The molecule has 1 aromatic heterocycles. The second-order valence-corrected chi connectivity index (χ2v) is 3.63. The van der Waals surface area contributed by atoms with Crippen molar-refractivity contribution in [3.63, 3.8) is 0 Å². The molecule has 0 fully saturated rings. The molecule has 0 aliphatic rings. The Bertz CT molecular complexity index is 595. The molecule has 1 heterocycles. The molecule has 18 heavy (non-hydrogen) atoms. The van der Waals surface area contributed by atoms with Gasteiger partial charge in [-0.25, -0.2) is 9.78 Å². The average molecular weight is 247 g/mol. The van der Waals surface area contributed by atoms with E-state index in [2.05, 4.69) is 4.98 Å². The Labute approximate surface area is 104 Å². The summed E-state index contributed by atoms with van der Waals surface area (Å²) in [5, 5.41) is 9.75. The Morgan fingerprint density at radius 1 is 1.39 bits per heavy atom. The van der Waals surface area contributed by atoms with Gasteiger partial charge < -0.3 is 14.6 Å². The number of hydrogen-bond donors (Lipinski definition) is 1. The van der Waals surface area contributed by atoms with Gasteiger partial charge in [-0.1, -0.05) is 0 Å². The average Bonchev–Trinajstić information content (AvgIpc) is 2.37. The van der Waals surface area contributed by atoms with Crippen LogP contribution in [0.15, 0.2) is 24.3 Å². The highest BCUT2D eigenvalue weighted by molar-refractivity contribution is 6.03. The van der Waals surface area contributed by atoms with Crippen LogP contribution in [0, 0.1) is 0 Å². The molecule has 0 saturated carbocycles. The first-order valence-corrected chi connectivity index (χ1v) is 5.50. The van der Waals surface area contributed by atoms with Crippen molar-refractivity contribution in [2.24, 2.45) is 0 Å². The summed E-state index contributed by atoms with van der Waals surface area (Å²) in [7, 11) is 1.53. The van der Waals surface area contributed by atoms with Crippen LogP contribution in [0.2, 0.25) is 0 Å². The molecule has 94 valence electrons. The number of carbonyl (C=O) groups is 1. The van der Waals surface area contributed by atoms with Gasteiger partial charge in [-0.2, -0.15) is 0 Å². The molecule has 5 heteroatoms. The lowest BCUT2D eigenvalue weighted by Gasteiger charge is -2.08. The zero-order chi connectivity index (χ0) is 13.1. The maximum Gasteiger partial charge on any atom is 0.336 e. The highest BCUT2D eigenvalue weighted by atomic mass is 16.5. The molecule has 0 radical (unpaired) electrons. The first kappa shape index (κ1) is 12.2. The number of ether oxygens (including phenoxy) is 2. The second-order valence-electron chi connectivity index (χ2n) is 3.63. The smallest absolute Gasteiger partial charge is 0.336 e. The Kier molecular flexibility index (Phi) is 3.32. The van der Waals surface area contributed by atoms with Crippen molar-refractivity contribution in [1.82, 2.24) is 4.98 Å².